The van der Waals surface area contributed by atoms with Crippen molar-refractivity contribution < 1.29 is 4.74 Å². The van der Waals surface area contributed by atoms with Gasteiger partial charge in [0, 0.05) is 12.6 Å². The molecule has 0 spiro atoms. The Balaban J connectivity index is 2.27. The van der Waals surface area contributed by atoms with Crippen molar-refractivity contribution in [2.75, 3.05) is 20.7 Å². The highest BCUT2D eigenvalue weighted by molar-refractivity contribution is 5.59. The number of pyridine rings is 1. The van der Waals surface area contributed by atoms with Crippen molar-refractivity contribution >= 4 is 5.52 Å². The van der Waals surface area contributed by atoms with E-state index < -0.39 is 0 Å². The van der Waals surface area contributed by atoms with E-state index in [1.807, 2.05) is 31.6 Å². The van der Waals surface area contributed by atoms with E-state index in [2.05, 4.69) is 14.7 Å². The third kappa shape index (κ3) is 2.02. The largest absolute Gasteiger partial charge is 0.494 e. The molecule has 2 aromatic rings. The number of ether oxygens (including phenoxy) is 1. The van der Waals surface area contributed by atoms with Crippen LogP contribution in [0.25, 0.3) is 5.52 Å². The Kier molecular flexibility index (Phi) is 3.41. The number of nitrogens with zero attached hydrogens (tertiary/aromatic N) is 2. The number of rotatable bonds is 5. The summed E-state index contributed by atoms with van der Waals surface area (Å²) in [5.41, 5.74) is 1.03. The summed E-state index contributed by atoms with van der Waals surface area (Å²) in [5, 5.41) is 3.14. The molecule has 0 saturated heterocycles. The van der Waals surface area contributed by atoms with Crippen LogP contribution in [0.2, 0.25) is 0 Å². The minimum Gasteiger partial charge on any atom is -0.494 e. The van der Waals surface area contributed by atoms with Crippen molar-refractivity contribution in [2.24, 2.45) is 0 Å². The molecule has 0 aromatic carbocycles. The lowest BCUT2D eigenvalue weighted by Gasteiger charge is -2.04. The topological polar surface area (TPSA) is 38.6 Å². The monoisotopic (exact) mass is 219 g/mol. The summed E-state index contributed by atoms with van der Waals surface area (Å²) in [7, 11) is 3.65. The Bertz CT molecular complexity index is 464. The van der Waals surface area contributed by atoms with Crippen molar-refractivity contribution in [2.45, 2.75) is 12.8 Å². The highest BCUT2D eigenvalue weighted by Gasteiger charge is 2.06. The first-order chi connectivity index (χ1) is 7.86. The number of fused-ring (bicyclic) bond motifs is 1. The molecule has 0 aliphatic heterocycles. The lowest BCUT2D eigenvalue weighted by Crippen LogP contribution is -2.09. The summed E-state index contributed by atoms with van der Waals surface area (Å²) in [4.78, 5) is 4.43. The smallest absolute Gasteiger partial charge is 0.144 e. The molecule has 0 aliphatic carbocycles. The van der Waals surface area contributed by atoms with Gasteiger partial charge in [-0.3, -0.25) is 0 Å². The fourth-order valence-corrected chi connectivity index (χ4v) is 1.83. The lowest BCUT2D eigenvalue weighted by molar-refractivity contribution is 0.418. The zero-order chi connectivity index (χ0) is 11.4. The Labute approximate surface area is 95.3 Å². The van der Waals surface area contributed by atoms with Gasteiger partial charge in [0.15, 0.2) is 0 Å². The third-order valence-corrected chi connectivity index (χ3v) is 2.66. The van der Waals surface area contributed by atoms with Crippen LogP contribution >= 0.6 is 0 Å². The van der Waals surface area contributed by atoms with Crippen LogP contribution in [0, 0.1) is 0 Å². The Morgan fingerprint density at radius 2 is 2.38 bits per heavy atom. The summed E-state index contributed by atoms with van der Waals surface area (Å²) >= 11 is 0. The summed E-state index contributed by atoms with van der Waals surface area (Å²) in [5.74, 6) is 1.96. The second-order valence-electron chi connectivity index (χ2n) is 3.71. The highest BCUT2D eigenvalue weighted by atomic mass is 16.5. The SMILES string of the molecule is CNCCCc1ncc2c(OC)cccn12. The molecular formula is C12H17N3O. The molecule has 2 heterocycles. The van der Waals surface area contributed by atoms with E-state index in [9.17, 15) is 0 Å². The molecule has 0 aliphatic rings. The van der Waals surface area contributed by atoms with Crippen LogP contribution in [0.5, 0.6) is 5.75 Å². The number of aromatic nitrogens is 2. The van der Waals surface area contributed by atoms with Crippen LogP contribution < -0.4 is 10.1 Å². The maximum Gasteiger partial charge on any atom is 0.144 e. The van der Waals surface area contributed by atoms with Crippen molar-refractivity contribution in [3.8, 4) is 5.75 Å². The molecule has 2 aromatic heterocycles. The van der Waals surface area contributed by atoms with Crippen LogP contribution in [0.4, 0.5) is 0 Å². The number of hydrogen-bond donors (Lipinski definition) is 1. The number of aryl methyl sites for hydroxylation is 1. The number of imidazole rings is 1. The van der Waals surface area contributed by atoms with Crippen LogP contribution in [0.1, 0.15) is 12.2 Å². The number of methoxy groups -OCH3 is 1. The molecule has 0 amide bonds. The first kappa shape index (κ1) is 11.0. The minimum absolute atomic E-state index is 0.870. The lowest BCUT2D eigenvalue weighted by atomic mass is 10.3. The Hall–Kier alpha value is -1.55. The standard InChI is InChI=1S/C12H17N3O/c1-13-7-3-6-12-14-9-10-11(16-2)5-4-8-15(10)12/h4-5,8-9,13H,3,6-7H2,1-2H3. The van der Waals surface area contributed by atoms with E-state index in [-0.39, 0.29) is 0 Å². The summed E-state index contributed by atoms with van der Waals surface area (Å²) in [6, 6.07) is 3.93. The molecule has 1 N–H and O–H groups in total. The molecule has 2 rings (SSSR count). The fraction of sp³-hybridized carbons (Fsp3) is 0.417. The van der Waals surface area contributed by atoms with Crippen molar-refractivity contribution in [1.29, 1.82) is 0 Å². The van der Waals surface area contributed by atoms with Crippen LogP contribution in [-0.2, 0) is 6.42 Å². The van der Waals surface area contributed by atoms with Gasteiger partial charge in [-0.1, -0.05) is 0 Å². The Morgan fingerprint density at radius 3 is 3.12 bits per heavy atom. The average Bonchev–Trinajstić information content (AvgIpc) is 2.73. The third-order valence-electron chi connectivity index (χ3n) is 2.66. The van der Waals surface area contributed by atoms with Crippen LogP contribution in [-0.4, -0.2) is 30.1 Å². The van der Waals surface area contributed by atoms with Gasteiger partial charge in [-0.15, -0.1) is 0 Å². The molecule has 0 fully saturated rings. The van der Waals surface area contributed by atoms with Gasteiger partial charge in [0.25, 0.3) is 0 Å². The summed E-state index contributed by atoms with van der Waals surface area (Å²) < 4.78 is 7.39. The molecule has 4 nitrogen and oxygen atoms in total. The van der Waals surface area contributed by atoms with Gasteiger partial charge in [0.2, 0.25) is 0 Å². The zero-order valence-electron chi connectivity index (χ0n) is 9.73. The van der Waals surface area contributed by atoms with Gasteiger partial charge in [-0.25, -0.2) is 4.98 Å². The molecule has 0 atom stereocenters. The molecule has 4 heteroatoms. The maximum atomic E-state index is 5.29. The van der Waals surface area contributed by atoms with E-state index in [1.54, 1.807) is 7.11 Å². The molecular weight excluding hydrogens is 202 g/mol. The number of nitrogens with one attached hydrogen (secondary N) is 1. The fourth-order valence-electron chi connectivity index (χ4n) is 1.83. The second kappa shape index (κ2) is 4.99. The summed E-state index contributed by atoms with van der Waals surface area (Å²) in [6.07, 6.45) is 5.96. The van der Waals surface area contributed by atoms with Gasteiger partial charge >= 0.3 is 0 Å². The quantitative estimate of drug-likeness (QED) is 0.774. The second-order valence-corrected chi connectivity index (χ2v) is 3.71. The van der Waals surface area contributed by atoms with E-state index in [0.717, 1.165) is 36.5 Å². The first-order valence-electron chi connectivity index (χ1n) is 5.50. The highest BCUT2D eigenvalue weighted by Crippen LogP contribution is 2.20. The van der Waals surface area contributed by atoms with Crippen LogP contribution in [0.3, 0.4) is 0 Å². The van der Waals surface area contributed by atoms with Gasteiger partial charge < -0.3 is 14.5 Å². The molecule has 86 valence electrons. The van der Waals surface area contributed by atoms with Gasteiger partial charge in [0.1, 0.15) is 17.1 Å². The minimum atomic E-state index is 0.870. The van der Waals surface area contributed by atoms with E-state index in [1.165, 1.54) is 0 Å². The predicted octanol–water partition coefficient (Wildman–Crippen LogP) is 1.49. The molecule has 0 bridgehead atoms. The molecule has 0 radical (unpaired) electrons. The van der Waals surface area contributed by atoms with Gasteiger partial charge in [0.05, 0.1) is 13.3 Å². The Morgan fingerprint density at radius 1 is 1.50 bits per heavy atom. The van der Waals surface area contributed by atoms with E-state index in [4.69, 9.17) is 4.74 Å². The molecule has 16 heavy (non-hydrogen) atoms. The van der Waals surface area contributed by atoms with E-state index in [0.29, 0.717) is 0 Å². The van der Waals surface area contributed by atoms with Crippen molar-refractivity contribution in [3.63, 3.8) is 0 Å². The van der Waals surface area contributed by atoms with Crippen LogP contribution in [0.15, 0.2) is 24.5 Å². The zero-order valence-corrected chi connectivity index (χ0v) is 9.73. The maximum absolute atomic E-state index is 5.29. The van der Waals surface area contributed by atoms with Gasteiger partial charge in [-0.05, 0) is 32.1 Å². The van der Waals surface area contributed by atoms with Gasteiger partial charge in [-0.2, -0.15) is 0 Å². The normalized spacial score (nSPS) is 10.9. The average molecular weight is 219 g/mol. The van der Waals surface area contributed by atoms with Crippen molar-refractivity contribution in [1.82, 2.24) is 14.7 Å². The first-order valence-corrected chi connectivity index (χ1v) is 5.50. The predicted molar refractivity (Wildman–Crippen MR) is 64.0 cm³/mol. The number of hydrogen-bond acceptors (Lipinski definition) is 3. The molecule has 0 unspecified atom stereocenters. The van der Waals surface area contributed by atoms with Crippen molar-refractivity contribution in [3.05, 3.63) is 30.4 Å². The molecule has 0 saturated carbocycles. The van der Waals surface area contributed by atoms with E-state index >= 15 is 0 Å². The summed E-state index contributed by atoms with van der Waals surface area (Å²) in [6.45, 7) is 1.01.